The van der Waals surface area contributed by atoms with Crippen molar-refractivity contribution < 1.29 is 27.9 Å². The fraction of sp³-hybridized carbons (Fsp3) is 0.452. The SMILES string of the molecule is CCCCOC(=O)[C@H](C)N[P@](=O)(OC[C@H](C(C)C)n1c(COCC)nc2c(N)nc3ccccc3c21)Oc1ccc(Cl)cc1. The number of unbranched alkanes of at least 4 members (excludes halogenated alkanes) is 1. The van der Waals surface area contributed by atoms with Crippen LogP contribution < -0.4 is 15.3 Å². The highest BCUT2D eigenvalue weighted by molar-refractivity contribution is 7.52. The Labute approximate surface area is 263 Å². The average molecular weight is 646 g/mol. The molecule has 4 rings (SSSR count). The van der Waals surface area contributed by atoms with Crippen molar-refractivity contribution in [2.75, 3.05) is 25.6 Å². The normalized spacial score (nSPS) is 14.5. The van der Waals surface area contributed by atoms with E-state index in [1.807, 2.05) is 56.5 Å². The van der Waals surface area contributed by atoms with Gasteiger partial charge in [-0.2, -0.15) is 5.09 Å². The van der Waals surface area contributed by atoms with Crippen LogP contribution in [0.2, 0.25) is 5.02 Å². The summed E-state index contributed by atoms with van der Waals surface area (Å²) in [6, 6.07) is 12.7. The van der Waals surface area contributed by atoms with E-state index in [4.69, 9.17) is 40.8 Å². The maximum Gasteiger partial charge on any atom is 0.459 e. The maximum atomic E-state index is 14.3. The Morgan fingerprint density at radius 2 is 1.82 bits per heavy atom. The Hall–Kier alpha value is -3.21. The number of benzene rings is 2. The monoisotopic (exact) mass is 645 g/mol. The number of aromatic nitrogens is 3. The molecular weight excluding hydrogens is 605 g/mol. The molecule has 2 aromatic heterocycles. The molecule has 0 spiro atoms. The van der Waals surface area contributed by atoms with Crippen molar-refractivity contribution in [3.63, 3.8) is 0 Å². The van der Waals surface area contributed by atoms with E-state index < -0.39 is 25.8 Å². The molecule has 2 heterocycles. The Kier molecular flexibility index (Phi) is 11.6. The third kappa shape index (κ3) is 8.08. The van der Waals surface area contributed by atoms with Gasteiger partial charge in [-0.3, -0.25) is 9.32 Å². The van der Waals surface area contributed by atoms with Gasteiger partial charge in [0.2, 0.25) is 0 Å². The van der Waals surface area contributed by atoms with Crippen LogP contribution in [-0.2, 0) is 30.0 Å². The second-order valence-electron chi connectivity index (χ2n) is 10.8. The van der Waals surface area contributed by atoms with Gasteiger partial charge >= 0.3 is 13.7 Å². The Balaban J connectivity index is 1.73. The molecule has 13 heteroatoms. The number of imidazole rings is 1. The number of nitrogens with one attached hydrogen (secondary N) is 1. The highest BCUT2D eigenvalue weighted by Crippen LogP contribution is 2.47. The summed E-state index contributed by atoms with van der Waals surface area (Å²) in [5.41, 5.74) is 8.43. The van der Waals surface area contributed by atoms with Crippen molar-refractivity contribution in [1.82, 2.24) is 19.6 Å². The van der Waals surface area contributed by atoms with Crippen molar-refractivity contribution in [3.05, 3.63) is 59.4 Å². The number of carbonyl (C=O) groups excluding carboxylic acids is 1. The van der Waals surface area contributed by atoms with Crippen LogP contribution in [0.25, 0.3) is 21.9 Å². The molecule has 0 aliphatic heterocycles. The number of anilines is 1. The van der Waals surface area contributed by atoms with E-state index in [-0.39, 0.29) is 31.5 Å². The molecule has 0 saturated carbocycles. The van der Waals surface area contributed by atoms with Gasteiger partial charge in [-0.05, 0) is 56.5 Å². The predicted octanol–water partition coefficient (Wildman–Crippen LogP) is 7.08. The molecule has 0 bridgehead atoms. The number of pyridine rings is 1. The van der Waals surface area contributed by atoms with Gasteiger partial charge < -0.3 is 24.3 Å². The number of nitrogens with two attached hydrogens (primary N) is 1. The van der Waals surface area contributed by atoms with Crippen LogP contribution in [0.3, 0.4) is 0 Å². The summed E-state index contributed by atoms with van der Waals surface area (Å²) < 4.78 is 39.5. The van der Waals surface area contributed by atoms with Crippen LogP contribution in [0.15, 0.2) is 48.5 Å². The Morgan fingerprint density at radius 1 is 1.09 bits per heavy atom. The lowest BCUT2D eigenvalue weighted by Gasteiger charge is -2.29. The zero-order valence-corrected chi connectivity index (χ0v) is 27.4. The standard InChI is InChI=1S/C31H41ClN5O6P/c1-6-8-17-41-31(38)21(5)36-44(39,43-23-15-13-22(32)14-16-23)42-18-26(20(3)4)37-27(19-40-7-2)35-28-29(37)24-11-9-10-12-25(24)34-30(28)33/h9-16,20-21,26H,6-8,17-19H2,1-5H3,(H2,33,34)(H,36,39)/t21-,26+,44-/m0/s1. The molecule has 3 atom stereocenters. The summed E-state index contributed by atoms with van der Waals surface area (Å²) in [5.74, 6) is 0.598. The van der Waals surface area contributed by atoms with Gasteiger partial charge in [0.1, 0.15) is 29.7 Å². The van der Waals surface area contributed by atoms with Gasteiger partial charge in [-0.1, -0.05) is 57.0 Å². The molecule has 4 aromatic rings. The Morgan fingerprint density at radius 3 is 2.50 bits per heavy atom. The lowest BCUT2D eigenvalue weighted by Crippen LogP contribution is -2.36. The molecule has 0 radical (unpaired) electrons. The number of esters is 1. The van der Waals surface area contributed by atoms with Gasteiger partial charge in [0.25, 0.3) is 0 Å². The minimum atomic E-state index is -4.15. The van der Waals surface area contributed by atoms with E-state index in [2.05, 4.69) is 10.1 Å². The first-order chi connectivity index (χ1) is 21.1. The number of nitrogen functional groups attached to an aromatic ring is 1. The summed E-state index contributed by atoms with van der Waals surface area (Å²) in [6.07, 6.45) is 1.60. The first kappa shape index (κ1) is 33.7. The summed E-state index contributed by atoms with van der Waals surface area (Å²) >= 11 is 6.05. The van der Waals surface area contributed by atoms with Gasteiger partial charge in [-0.25, -0.2) is 14.5 Å². The van der Waals surface area contributed by atoms with Crippen molar-refractivity contribution in [1.29, 1.82) is 0 Å². The van der Waals surface area contributed by atoms with Crippen LogP contribution in [0, 0.1) is 5.92 Å². The van der Waals surface area contributed by atoms with Crippen LogP contribution in [0.1, 0.15) is 59.3 Å². The molecule has 3 N–H and O–H groups in total. The first-order valence-electron chi connectivity index (χ1n) is 14.8. The minimum absolute atomic E-state index is 0.0265. The molecular formula is C31H41ClN5O6P. The van der Waals surface area contributed by atoms with E-state index in [0.717, 1.165) is 29.3 Å². The molecule has 0 saturated heterocycles. The fourth-order valence-electron chi connectivity index (χ4n) is 4.72. The highest BCUT2D eigenvalue weighted by Gasteiger charge is 2.35. The predicted molar refractivity (Wildman–Crippen MR) is 173 cm³/mol. The van der Waals surface area contributed by atoms with Crippen LogP contribution in [-0.4, -0.2) is 46.4 Å². The topological polar surface area (TPSA) is 140 Å². The summed E-state index contributed by atoms with van der Waals surface area (Å²) in [5, 5.41) is 4.12. The molecule has 0 aliphatic rings. The van der Waals surface area contributed by atoms with Gasteiger partial charge in [0.15, 0.2) is 5.82 Å². The number of ether oxygens (including phenoxy) is 2. The van der Waals surface area contributed by atoms with Crippen LogP contribution >= 0.6 is 19.3 Å². The lowest BCUT2D eigenvalue weighted by atomic mass is 10.0. The van der Waals surface area contributed by atoms with E-state index in [1.165, 1.54) is 0 Å². The van der Waals surface area contributed by atoms with Crippen molar-refractivity contribution in [2.24, 2.45) is 5.92 Å². The molecule has 0 aliphatic carbocycles. The molecule has 44 heavy (non-hydrogen) atoms. The van der Waals surface area contributed by atoms with Gasteiger partial charge in [0, 0.05) is 17.0 Å². The number of hydrogen-bond donors (Lipinski definition) is 2. The number of carbonyl (C=O) groups is 1. The minimum Gasteiger partial charge on any atom is -0.465 e. The quantitative estimate of drug-likeness (QED) is 0.0738. The van der Waals surface area contributed by atoms with E-state index in [1.54, 1.807) is 31.2 Å². The second kappa shape index (κ2) is 15.2. The second-order valence-corrected chi connectivity index (χ2v) is 12.9. The fourth-order valence-corrected chi connectivity index (χ4v) is 6.35. The summed E-state index contributed by atoms with van der Waals surface area (Å²) in [7, 11) is -4.15. The number of halogens is 1. The first-order valence-corrected chi connectivity index (χ1v) is 16.8. The third-order valence-electron chi connectivity index (χ3n) is 7.07. The number of hydrogen-bond acceptors (Lipinski definition) is 9. The van der Waals surface area contributed by atoms with Crippen molar-refractivity contribution in [2.45, 2.75) is 66.2 Å². The number of rotatable bonds is 16. The Bertz CT molecular complexity index is 1610. The van der Waals surface area contributed by atoms with E-state index in [9.17, 15) is 9.36 Å². The maximum absolute atomic E-state index is 14.3. The van der Waals surface area contributed by atoms with Gasteiger partial charge in [0.05, 0.1) is 30.3 Å². The molecule has 11 nitrogen and oxygen atoms in total. The zero-order chi connectivity index (χ0) is 31.9. The average Bonchev–Trinajstić information content (AvgIpc) is 3.37. The number of para-hydroxylation sites is 1. The molecule has 238 valence electrons. The molecule has 0 unspecified atom stereocenters. The third-order valence-corrected chi connectivity index (χ3v) is 8.96. The number of nitrogens with zero attached hydrogens (tertiary/aromatic N) is 3. The summed E-state index contributed by atoms with van der Waals surface area (Å²) in [6.45, 7) is 10.4. The van der Waals surface area contributed by atoms with Crippen molar-refractivity contribution in [3.8, 4) is 5.75 Å². The largest absolute Gasteiger partial charge is 0.465 e. The van der Waals surface area contributed by atoms with Crippen LogP contribution in [0.4, 0.5) is 5.82 Å². The van der Waals surface area contributed by atoms with Crippen molar-refractivity contribution >= 4 is 53.1 Å². The molecule has 0 fully saturated rings. The lowest BCUT2D eigenvalue weighted by molar-refractivity contribution is -0.145. The highest BCUT2D eigenvalue weighted by atomic mass is 35.5. The molecule has 2 aromatic carbocycles. The zero-order valence-electron chi connectivity index (χ0n) is 25.8. The smallest absolute Gasteiger partial charge is 0.459 e. The molecule has 0 amide bonds. The van der Waals surface area contributed by atoms with Gasteiger partial charge in [-0.15, -0.1) is 0 Å². The van der Waals surface area contributed by atoms with E-state index in [0.29, 0.717) is 28.8 Å². The van der Waals surface area contributed by atoms with Crippen LogP contribution in [0.5, 0.6) is 5.75 Å². The summed E-state index contributed by atoms with van der Waals surface area (Å²) in [4.78, 5) is 22.1. The van der Waals surface area contributed by atoms with E-state index >= 15 is 0 Å². The number of fused-ring (bicyclic) bond motifs is 3.